The maximum absolute atomic E-state index is 12.5. The molecular weight excluding hydrogens is 276 g/mol. The first kappa shape index (κ1) is 14.8. The van der Waals surface area contributed by atoms with Crippen molar-refractivity contribution in [1.29, 1.82) is 0 Å². The van der Waals surface area contributed by atoms with Gasteiger partial charge in [0.25, 0.3) is 0 Å². The van der Waals surface area contributed by atoms with Crippen molar-refractivity contribution in [1.82, 2.24) is 19.7 Å². The van der Waals surface area contributed by atoms with Gasteiger partial charge in [0, 0.05) is 18.7 Å². The first-order valence-electron chi connectivity index (χ1n) is 7.88. The molecule has 1 amide bonds. The summed E-state index contributed by atoms with van der Waals surface area (Å²) in [6.45, 7) is 6.04. The second-order valence-electron chi connectivity index (χ2n) is 6.09. The molecule has 0 N–H and O–H groups in total. The highest BCUT2D eigenvalue weighted by atomic mass is 16.2. The predicted octanol–water partition coefficient (Wildman–Crippen LogP) is 2.51. The molecule has 0 bridgehead atoms. The summed E-state index contributed by atoms with van der Waals surface area (Å²) in [4.78, 5) is 19.0. The molecule has 5 heteroatoms. The second-order valence-corrected chi connectivity index (χ2v) is 6.09. The number of rotatable bonds is 3. The Labute approximate surface area is 131 Å². The maximum Gasteiger partial charge on any atom is 0.244 e. The molecule has 0 radical (unpaired) electrons. The van der Waals surface area contributed by atoms with Gasteiger partial charge in [-0.15, -0.1) is 0 Å². The minimum absolute atomic E-state index is 0.133. The molecule has 2 aromatic rings. The van der Waals surface area contributed by atoms with E-state index in [2.05, 4.69) is 17.0 Å². The lowest BCUT2D eigenvalue weighted by atomic mass is 10.0. The molecule has 1 atom stereocenters. The lowest BCUT2D eigenvalue weighted by molar-refractivity contribution is -0.133. The number of hydrogen-bond donors (Lipinski definition) is 0. The van der Waals surface area contributed by atoms with Crippen molar-refractivity contribution in [3.05, 3.63) is 36.2 Å². The van der Waals surface area contributed by atoms with Gasteiger partial charge in [-0.05, 0) is 25.7 Å². The van der Waals surface area contributed by atoms with Crippen LogP contribution in [0.2, 0.25) is 0 Å². The van der Waals surface area contributed by atoms with Gasteiger partial charge in [0.1, 0.15) is 12.4 Å². The summed E-state index contributed by atoms with van der Waals surface area (Å²) < 4.78 is 1.73. The molecule has 3 rings (SSSR count). The van der Waals surface area contributed by atoms with Crippen LogP contribution in [-0.4, -0.2) is 38.7 Å². The van der Waals surface area contributed by atoms with Crippen molar-refractivity contribution in [3.8, 4) is 11.4 Å². The van der Waals surface area contributed by atoms with Crippen LogP contribution in [0.4, 0.5) is 0 Å². The lowest BCUT2D eigenvalue weighted by Gasteiger charge is -2.31. The average molecular weight is 298 g/mol. The average Bonchev–Trinajstić information content (AvgIpc) is 2.88. The number of amides is 1. The topological polar surface area (TPSA) is 51.0 Å². The standard InChI is InChI=1S/C17H22N4O/c1-13-7-6-10-20(11-13)16(22)12-21-17(18-14(2)19-21)15-8-4-3-5-9-15/h3-5,8-9,13H,6-7,10-12H2,1-2H3/t13-/m0/s1. The van der Waals surface area contributed by atoms with Crippen LogP contribution in [0.5, 0.6) is 0 Å². The number of nitrogens with zero attached hydrogens (tertiary/aromatic N) is 4. The Morgan fingerprint density at radius 1 is 1.32 bits per heavy atom. The molecule has 1 fully saturated rings. The van der Waals surface area contributed by atoms with Crippen LogP contribution in [0.15, 0.2) is 30.3 Å². The van der Waals surface area contributed by atoms with Crippen molar-refractivity contribution in [3.63, 3.8) is 0 Å². The van der Waals surface area contributed by atoms with Gasteiger partial charge in [0.05, 0.1) is 0 Å². The Kier molecular flexibility index (Phi) is 4.22. The summed E-state index contributed by atoms with van der Waals surface area (Å²) in [5, 5.41) is 4.40. The Hall–Kier alpha value is -2.17. The quantitative estimate of drug-likeness (QED) is 0.875. The van der Waals surface area contributed by atoms with Crippen LogP contribution in [-0.2, 0) is 11.3 Å². The molecule has 1 aromatic carbocycles. The molecule has 5 nitrogen and oxygen atoms in total. The monoisotopic (exact) mass is 298 g/mol. The van der Waals surface area contributed by atoms with Gasteiger partial charge >= 0.3 is 0 Å². The minimum atomic E-state index is 0.133. The highest BCUT2D eigenvalue weighted by Crippen LogP contribution is 2.19. The van der Waals surface area contributed by atoms with Gasteiger partial charge in [0.15, 0.2) is 5.82 Å². The van der Waals surface area contributed by atoms with Crippen LogP contribution >= 0.6 is 0 Å². The molecule has 0 spiro atoms. The Balaban J connectivity index is 1.79. The van der Waals surface area contributed by atoms with E-state index in [9.17, 15) is 4.79 Å². The fraction of sp³-hybridized carbons (Fsp3) is 0.471. The second kappa shape index (κ2) is 6.30. The number of carbonyl (C=O) groups excluding carboxylic acids is 1. The number of aromatic nitrogens is 3. The van der Waals surface area contributed by atoms with Gasteiger partial charge in [0.2, 0.25) is 5.91 Å². The van der Waals surface area contributed by atoms with Gasteiger partial charge in [-0.2, -0.15) is 5.10 Å². The molecule has 1 aliphatic rings. The zero-order valence-electron chi connectivity index (χ0n) is 13.2. The van der Waals surface area contributed by atoms with Crippen LogP contribution in [0.25, 0.3) is 11.4 Å². The van der Waals surface area contributed by atoms with Gasteiger partial charge in [-0.1, -0.05) is 37.3 Å². The largest absolute Gasteiger partial charge is 0.341 e. The first-order valence-corrected chi connectivity index (χ1v) is 7.88. The van der Waals surface area contributed by atoms with Crippen molar-refractivity contribution in [2.24, 2.45) is 5.92 Å². The zero-order valence-corrected chi connectivity index (χ0v) is 13.2. The Bertz CT molecular complexity index is 650. The maximum atomic E-state index is 12.5. The number of aryl methyl sites for hydroxylation is 1. The van der Waals surface area contributed by atoms with Crippen LogP contribution in [0.1, 0.15) is 25.6 Å². The van der Waals surface area contributed by atoms with E-state index in [0.717, 1.165) is 30.9 Å². The summed E-state index contributed by atoms with van der Waals surface area (Å²) >= 11 is 0. The third-order valence-electron chi connectivity index (χ3n) is 4.10. The van der Waals surface area contributed by atoms with E-state index >= 15 is 0 Å². The summed E-state index contributed by atoms with van der Waals surface area (Å²) in [6, 6.07) is 9.90. The number of benzene rings is 1. The highest BCUT2D eigenvalue weighted by Gasteiger charge is 2.22. The minimum Gasteiger partial charge on any atom is -0.341 e. The van der Waals surface area contributed by atoms with E-state index in [-0.39, 0.29) is 12.5 Å². The van der Waals surface area contributed by atoms with E-state index in [1.807, 2.05) is 42.2 Å². The predicted molar refractivity (Wildman–Crippen MR) is 85.2 cm³/mol. The van der Waals surface area contributed by atoms with Crippen molar-refractivity contribution in [2.45, 2.75) is 33.2 Å². The molecular formula is C17H22N4O. The molecule has 0 aliphatic carbocycles. The molecule has 0 unspecified atom stereocenters. The number of hydrogen-bond acceptors (Lipinski definition) is 3. The molecule has 0 saturated carbocycles. The van der Waals surface area contributed by atoms with Crippen LogP contribution in [0.3, 0.4) is 0 Å². The third-order valence-corrected chi connectivity index (χ3v) is 4.10. The molecule has 1 aliphatic heterocycles. The number of piperidine rings is 1. The fourth-order valence-electron chi connectivity index (χ4n) is 3.01. The van der Waals surface area contributed by atoms with E-state index in [4.69, 9.17) is 0 Å². The molecule has 1 aromatic heterocycles. The number of likely N-dealkylation sites (tertiary alicyclic amines) is 1. The molecule has 1 saturated heterocycles. The van der Waals surface area contributed by atoms with Gasteiger partial charge in [-0.3, -0.25) is 4.79 Å². The normalized spacial score (nSPS) is 18.5. The highest BCUT2D eigenvalue weighted by molar-refractivity contribution is 5.76. The fourth-order valence-corrected chi connectivity index (χ4v) is 3.01. The summed E-state index contributed by atoms with van der Waals surface area (Å²) in [7, 11) is 0. The first-order chi connectivity index (χ1) is 10.6. The lowest BCUT2D eigenvalue weighted by Crippen LogP contribution is -2.41. The van der Waals surface area contributed by atoms with E-state index in [0.29, 0.717) is 11.7 Å². The SMILES string of the molecule is Cc1nc(-c2ccccc2)n(CC(=O)N2CCC[C@H](C)C2)n1. The van der Waals surface area contributed by atoms with E-state index in [1.165, 1.54) is 6.42 Å². The Morgan fingerprint density at radius 3 is 2.82 bits per heavy atom. The van der Waals surface area contributed by atoms with Crippen molar-refractivity contribution < 1.29 is 4.79 Å². The third kappa shape index (κ3) is 3.18. The summed E-state index contributed by atoms with van der Waals surface area (Å²) in [5.41, 5.74) is 0.989. The van der Waals surface area contributed by atoms with Crippen molar-refractivity contribution in [2.75, 3.05) is 13.1 Å². The number of carbonyl (C=O) groups is 1. The van der Waals surface area contributed by atoms with Crippen LogP contribution in [0, 0.1) is 12.8 Å². The van der Waals surface area contributed by atoms with E-state index in [1.54, 1.807) is 4.68 Å². The van der Waals surface area contributed by atoms with Gasteiger partial charge < -0.3 is 4.90 Å². The molecule has 22 heavy (non-hydrogen) atoms. The summed E-state index contributed by atoms with van der Waals surface area (Å²) in [6.07, 6.45) is 2.30. The van der Waals surface area contributed by atoms with Gasteiger partial charge in [-0.25, -0.2) is 9.67 Å². The van der Waals surface area contributed by atoms with Crippen molar-refractivity contribution >= 4 is 5.91 Å². The molecule has 2 heterocycles. The summed E-state index contributed by atoms with van der Waals surface area (Å²) in [5.74, 6) is 2.17. The Morgan fingerprint density at radius 2 is 2.09 bits per heavy atom. The van der Waals surface area contributed by atoms with Crippen LogP contribution < -0.4 is 0 Å². The van der Waals surface area contributed by atoms with E-state index < -0.39 is 0 Å². The smallest absolute Gasteiger partial charge is 0.244 e. The zero-order chi connectivity index (χ0) is 15.5. The molecule has 116 valence electrons.